The van der Waals surface area contributed by atoms with Gasteiger partial charge in [-0.15, -0.1) is 11.6 Å². The van der Waals surface area contributed by atoms with Gasteiger partial charge in [0.2, 0.25) is 0 Å². The molecule has 0 radical (unpaired) electrons. The molecule has 1 aromatic rings. The highest BCUT2D eigenvalue weighted by Gasteiger charge is 2.03. The first-order valence-electron chi connectivity index (χ1n) is 3.55. The van der Waals surface area contributed by atoms with E-state index in [9.17, 15) is 4.79 Å². The van der Waals surface area contributed by atoms with E-state index in [-0.39, 0.29) is 5.88 Å². The van der Waals surface area contributed by atoms with Crippen molar-refractivity contribution in [3.8, 4) is 5.75 Å². The maximum atomic E-state index is 10.8. The highest BCUT2D eigenvalue weighted by molar-refractivity contribution is 6.26. The van der Waals surface area contributed by atoms with Crippen LogP contribution in [0.3, 0.4) is 0 Å². The Morgan fingerprint density at radius 2 is 2.08 bits per heavy atom. The molecular formula is C8H9ClN2O2. The van der Waals surface area contributed by atoms with Gasteiger partial charge in [0.1, 0.15) is 11.6 Å². The van der Waals surface area contributed by atoms with Gasteiger partial charge in [0, 0.05) is 6.07 Å². The van der Waals surface area contributed by atoms with Crippen molar-refractivity contribution in [2.75, 3.05) is 17.3 Å². The first-order chi connectivity index (χ1) is 6.13. The summed E-state index contributed by atoms with van der Waals surface area (Å²) in [5.41, 5.74) is 11.8. The highest BCUT2D eigenvalue weighted by Crippen LogP contribution is 2.21. The molecule has 0 aliphatic carbocycles. The van der Waals surface area contributed by atoms with E-state index in [0.29, 0.717) is 17.1 Å². The smallest absolute Gasteiger partial charge is 0.326 e. The normalized spacial score (nSPS) is 9.62. The van der Waals surface area contributed by atoms with E-state index >= 15 is 0 Å². The van der Waals surface area contributed by atoms with Crippen LogP contribution in [0.5, 0.6) is 5.75 Å². The number of hydrogen-bond donors (Lipinski definition) is 2. The zero-order chi connectivity index (χ0) is 9.84. The van der Waals surface area contributed by atoms with Crippen LogP contribution in [0.2, 0.25) is 0 Å². The van der Waals surface area contributed by atoms with E-state index in [0.717, 1.165) is 0 Å². The lowest BCUT2D eigenvalue weighted by Crippen LogP contribution is -2.09. The molecule has 70 valence electrons. The summed E-state index contributed by atoms with van der Waals surface area (Å²) >= 11 is 5.24. The summed E-state index contributed by atoms with van der Waals surface area (Å²) < 4.78 is 4.79. The van der Waals surface area contributed by atoms with Crippen LogP contribution in [0.1, 0.15) is 0 Å². The molecule has 0 aromatic heterocycles. The minimum Gasteiger partial charge on any atom is -0.426 e. The molecule has 0 aliphatic heterocycles. The van der Waals surface area contributed by atoms with Crippen LogP contribution in [-0.4, -0.2) is 11.8 Å². The molecule has 0 saturated carbocycles. The fourth-order valence-electron chi connectivity index (χ4n) is 0.775. The molecule has 1 rings (SSSR count). The van der Waals surface area contributed by atoms with Crippen molar-refractivity contribution < 1.29 is 9.53 Å². The van der Waals surface area contributed by atoms with Crippen LogP contribution < -0.4 is 16.2 Å². The standard InChI is InChI=1S/C8H9ClN2O2/c9-4-8(12)13-5-1-2-6(10)7(11)3-5/h1-3H,4,10-11H2. The van der Waals surface area contributed by atoms with Gasteiger partial charge in [-0.05, 0) is 12.1 Å². The molecule has 0 fully saturated rings. The minimum absolute atomic E-state index is 0.190. The summed E-state index contributed by atoms with van der Waals surface area (Å²) in [6, 6.07) is 4.59. The van der Waals surface area contributed by atoms with Crippen LogP contribution in [0.4, 0.5) is 11.4 Å². The molecule has 0 heterocycles. The Balaban J connectivity index is 2.79. The highest BCUT2D eigenvalue weighted by atomic mass is 35.5. The quantitative estimate of drug-likeness (QED) is 0.323. The average molecular weight is 201 g/mol. The van der Waals surface area contributed by atoms with Gasteiger partial charge in [-0.3, -0.25) is 4.79 Å². The Morgan fingerprint density at radius 1 is 1.38 bits per heavy atom. The van der Waals surface area contributed by atoms with Crippen LogP contribution in [-0.2, 0) is 4.79 Å². The lowest BCUT2D eigenvalue weighted by molar-refractivity contribution is -0.131. The molecule has 0 unspecified atom stereocenters. The third-order valence-electron chi connectivity index (χ3n) is 1.40. The summed E-state index contributed by atoms with van der Waals surface area (Å²) in [6.07, 6.45) is 0. The predicted octanol–water partition coefficient (Wildman–Crippen LogP) is 0.995. The van der Waals surface area contributed by atoms with Gasteiger partial charge >= 0.3 is 5.97 Å². The van der Waals surface area contributed by atoms with Crippen LogP contribution in [0, 0.1) is 0 Å². The second-order valence-electron chi connectivity index (χ2n) is 2.40. The van der Waals surface area contributed by atoms with Gasteiger partial charge < -0.3 is 16.2 Å². The van der Waals surface area contributed by atoms with Gasteiger partial charge in [0.25, 0.3) is 0 Å². The molecule has 0 aliphatic rings. The zero-order valence-corrected chi connectivity index (χ0v) is 7.54. The first-order valence-corrected chi connectivity index (χ1v) is 4.08. The van der Waals surface area contributed by atoms with Gasteiger partial charge in [-0.2, -0.15) is 0 Å². The third-order valence-corrected chi connectivity index (χ3v) is 1.62. The summed E-state index contributed by atoms with van der Waals surface area (Å²) in [7, 11) is 0. The molecule has 0 atom stereocenters. The largest absolute Gasteiger partial charge is 0.426 e. The number of halogens is 1. The number of carbonyl (C=O) groups excluding carboxylic acids is 1. The molecule has 1 aromatic carbocycles. The number of ether oxygens (including phenoxy) is 1. The van der Waals surface area contributed by atoms with Gasteiger partial charge in [0.15, 0.2) is 0 Å². The van der Waals surface area contributed by atoms with E-state index in [2.05, 4.69) is 0 Å². The third kappa shape index (κ3) is 2.52. The molecule has 5 heteroatoms. The summed E-state index contributed by atoms with van der Waals surface area (Å²) in [6.45, 7) is 0. The molecule has 0 bridgehead atoms. The molecule has 0 spiro atoms. The van der Waals surface area contributed by atoms with Crippen molar-refractivity contribution >= 4 is 28.9 Å². The summed E-state index contributed by atoms with van der Waals surface area (Å²) in [5.74, 6) is -0.368. The number of rotatable bonds is 2. The predicted molar refractivity (Wildman–Crippen MR) is 51.6 cm³/mol. The number of hydrogen-bond acceptors (Lipinski definition) is 4. The van der Waals surface area contributed by atoms with E-state index < -0.39 is 5.97 Å². The molecule has 13 heavy (non-hydrogen) atoms. The Bertz CT molecular complexity index is 328. The van der Waals surface area contributed by atoms with E-state index in [1.165, 1.54) is 6.07 Å². The Labute approximate surface area is 80.4 Å². The number of nitrogens with two attached hydrogens (primary N) is 2. The van der Waals surface area contributed by atoms with Crippen LogP contribution in [0.25, 0.3) is 0 Å². The van der Waals surface area contributed by atoms with Crippen molar-refractivity contribution in [1.82, 2.24) is 0 Å². The molecule has 0 saturated heterocycles. The SMILES string of the molecule is Nc1ccc(OC(=O)CCl)cc1N. The monoisotopic (exact) mass is 200 g/mol. The number of anilines is 2. The second kappa shape index (κ2) is 4.00. The van der Waals surface area contributed by atoms with Crippen molar-refractivity contribution in [2.24, 2.45) is 0 Å². The summed E-state index contributed by atoms with van der Waals surface area (Å²) in [4.78, 5) is 10.8. The molecule has 4 nitrogen and oxygen atoms in total. The fraction of sp³-hybridized carbons (Fsp3) is 0.125. The number of esters is 1. The Kier molecular flexibility index (Phi) is 2.97. The van der Waals surface area contributed by atoms with Crippen LogP contribution in [0.15, 0.2) is 18.2 Å². The number of nitrogen functional groups attached to an aromatic ring is 2. The van der Waals surface area contributed by atoms with Gasteiger partial charge in [-0.25, -0.2) is 0 Å². The lowest BCUT2D eigenvalue weighted by Gasteiger charge is -2.04. The lowest BCUT2D eigenvalue weighted by atomic mass is 10.2. The number of carbonyl (C=O) groups is 1. The topological polar surface area (TPSA) is 78.3 Å². The molecule has 0 amide bonds. The molecular weight excluding hydrogens is 192 g/mol. The maximum absolute atomic E-state index is 10.8. The number of benzene rings is 1. The van der Waals surface area contributed by atoms with Gasteiger partial charge in [-0.1, -0.05) is 0 Å². The Hall–Kier alpha value is -1.42. The van der Waals surface area contributed by atoms with Crippen molar-refractivity contribution in [1.29, 1.82) is 0 Å². The van der Waals surface area contributed by atoms with E-state index in [4.69, 9.17) is 27.8 Å². The molecule has 4 N–H and O–H groups in total. The summed E-state index contributed by atoms with van der Waals surface area (Å²) in [5, 5.41) is 0. The first kappa shape index (κ1) is 9.67. The minimum atomic E-state index is -0.522. The maximum Gasteiger partial charge on any atom is 0.326 e. The number of alkyl halides is 1. The van der Waals surface area contributed by atoms with Crippen molar-refractivity contribution in [2.45, 2.75) is 0 Å². The zero-order valence-electron chi connectivity index (χ0n) is 6.79. The van der Waals surface area contributed by atoms with Gasteiger partial charge in [0.05, 0.1) is 11.4 Å². The van der Waals surface area contributed by atoms with Crippen LogP contribution >= 0.6 is 11.6 Å². The average Bonchev–Trinajstić information content (AvgIpc) is 2.11. The van der Waals surface area contributed by atoms with E-state index in [1.54, 1.807) is 12.1 Å². The fourth-order valence-corrected chi connectivity index (χ4v) is 0.830. The Morgan fingerprint density at radius 3 is 2.62 bits per heavy atom. The van der Waals surface area contributed by atoms with Crippen molar-refractivity contribution in [3.05, 3.63) is 18.2 Å². The van der Waals surface area contributed by atoms with E-state index in [1.807, 2.05) is 0 Å². The van der Waals surface area contributed by atoms with Crippen molar-refractivity contribution in [3.63, 3.8) is 0 Å². The second-order valence-corrected chi connectivity index (χ2v) is 2.67.